The van der Waals surface area contributed by atoms with Crippen molar-refractivity contribution in [3.8, 4) is 0 Å². The van der Waals surface area contributed by atoms with Gasteiger partial charge in [-0.25, -0.2) is 0 Å². The molecule has 12 heavy (non-hydrogen) atoms. The van der Waals surface area contributed by atoms with Crippen LogP contribution in [0.3, 0.4) is 0 Å². The summed E-state index contributed by atoms with van der Waals surface area (Å²) < 4.78 is 7.93. The van der Waals surface area contributed by atoms with E-state index in [4.69, 9.17) is 0 Å². The molecule has 0 unspecified atom stereocenters. The molecule has 6 heteroatoms. The highest BCUT2D eigenvalue weighted by Crippen LogP contribution is 2.14. The Morgan fingerprint density at radius 1 is 1.92 bits per heavy atom. The number of hydrogen-bond acceptors (Lipinski definition) is 6. The molecule has 1 atom stereocenters. The van der Waals surface area contributed by atoms with Crippen molar-refractivity contribution in [1.82, 2.24) is 9.59 Å². The molecule has 1 rings (SSSR count). The molecule has 66 valence electrons. The van der Waals surface area contributed by atoms with Crippen LogP contribution in [0.4, 0.5) is 0 Å². The molecule has 0 saturated heterocycles. The second kappa shape index (κ2) is 4.13. The predicted octanol–water partition coefficient (Wildman–Crippen LogP) is 0.135. The summed E-state index contributed by atoms with van der Waals surface area (Å²) in [5.41, 5.74) is 0.408. The fraction of sp³-hybridized carbons (Fsp3) is 0.500. The lowest BCUT2D eigenvalue weighted by Gasteiger charge is -2.03. The molecule has 0 aromatic carbocycles. The molecule has 5 nitrogen and oxygen atoms in total. The van der Waals surface area contributed by atoms with E-state index in [-0.39, 0.29) is 6.42 Å². The van der Waals surface area contributed by atoms with E-state index in [0.717, 1.165) is 11.5 Å². The Balaban J connectivity index is 2.49. The Morgan fingerprint density at radius 3 is 3.17 bits per heavy atom. The number of aliphatic hydroxyl groups excluding tert-OH is 1. The van der Waals surface area contributed by atoms with E-state index in [2.05, 4.69) is 14.3 Å². The van der Waals surface area contributed by atoms with Crippen LogP contribution in [0, 0.1) is 0 Å². The second-order valence-electron chi connectivity index (χ2n) is 2.13. The number of hydrogen-bond donors (Lipinski definition) is 1. The van der Waals surface area contributed by atoms with Gasteiger partial charge in [0.25, 0.3) is 0 Å². The fourth-order valence-corrected chi connectivity index (χ4v) is 1.16. The van der Waals surface area contributed by atoms with E-state index >= 15 is 0 Å². The Morgan fingerprint density at radius 2 is 2.67 bits per heavy atom. The number of esters is 1. The first kappa shape index (κ1) is 9.08. The van der Waals surface area contributed by atoms with Gasteiger partial charge in [0.15, 0.2) is 0 Å². The molecule has 0 spiro atoms. The summed E-state index contributed by atoms with van der Waals surface area (Å²) in [5, 5.41) is 14.5. The summed E-state index contributed by atoms with van der Waals surface area (Å²) in [6.45, 7) is 0. The van der Waals surface area contributed by atoms with Crippen molar-refractivity contribution in [2.45, 2.75) is 12.5 Å². The number of ether oxygens (including phenoxy) is 1. The van der Waals surface area contributed by atoms with Gasteiger partial charge in [0.05, 0.1) is 13.5 Å². The Bertz CT molecular complexity index is 249. The topological polar surface area (TPSA) is 72.3 Å². The summed E-state index contributed by atoms with van der Waals surface area (Å²) in [5.74, 6) is -0.463. The number of nitrogens with zero attached hydrogens (tertiary/aromatic N) is 2. The quantitative estimate of drug-likeness (QED) is 0.683. The highest BCUT2D eigenvalue weighted by Gasteiger charge is 2.15. The van der Waals surface area contributed by atoms with Crippen LogP contribution in [0.1, 0.15) is 18.2 Å². The van der Waals surface area contributed by atoms with Gasteiger partial charge >= 0.3 is 5.97 Å². The summed E-state index contributed by atoms with van der Waals surface area (Å²) in [6, 6.07) is 0. The van der Waals surface area contributed by atoms with Gasteiger partial charge in [-0.2, -0.15) is 0 Å². The van der Waals surface area contributed by atoms with Crippen LogP contribution in [0.15, 0.2) is 5.38 Å². The molecule has 1 N–H and O–H groups in total. The van der Waals surface area contributed by atoms with Crippen molar-refractivity contribution in [3.05, 3.63) is 11.1 Å². The zero-order valence-electron chi connectivity index (χ0n) is 6.43. The van der Waals surface area contributed by atoms with Crippen molar-refractivity contribution in [3.63, 3.8) is 0 Å². The molecule has 1 heterocycles. The molecule has 0 bridgehead atoms. The minimum absolute atomic E-state index is 0.0814. The van der Waals surface area contributed by atoms with E-state index in [9.17, 15) is 9.90 Å². The van der Waals surface area contributed by atoms with Crippen molar-refractivity contribution < 1.29 is 14.6 Å². The monoisotopic (exact) mass is 188 g/mol. The molecular weight excluding hydrogens is 180 g/mol. The van der Waals surface area contributed by atoms with Gasteiger partial charge < -0.3 is 9.84 Å². The van der Waals surface area contributed by atoms with Crippen molar-refractivity contribution in [2.75, 3.05) is 7.11 Å². The maximum Gasteiger partial charge on any atom is 0.308 e. The van der Waals surface area contributed by atoms with E-state index in [1.807, 2.05) is 0 Å². The van der Waals surface area contributed by atoms with Crippen LogP contribution < -0.4 is 0 Å². The Labute approximate surface area is 73.1 Å². The number of aliphatic hydroxyl groups is 1. The number of methoxy groups -OCH3 is 1. The number of carbonyl (C=O) groups excluding carboxylic acids is 1. The maximum atomic E-state index is 10.7. The fourth-order valence-electron chi connectivity index (χ4n) is 0.663. The van der Waals surface area contributed by atoms with Crippen molar-refractivity contribution >= 4 is 17.5 Å². The maximum absolute atomic E-state index is 10.7. The number of aromatic nitrogens is 2. The van der Waals surface area contributed by atoms with Crippen LogP contribution in [-0.2, 0) is 9.53 Å². The van der Waals surface area contributed by atoms with Crippen LogP contribution in [0.2, 0.25) is 0 Å². The van der Waals surface area contributed by atoms with Gasteiger partial charge in [-0.1, -0.05) is 4.49 Å². The summed E-state index contributed by atoms with van der Waals surface area (Å²) in [6.07, 6.45) is -0.988. The normalized spacial score (nSPS) is 12.5. The zero-order chi connectivity index (χ0) is 8.97. The van der Waals surface area contributed by atoms with Crippen LogP contribution in [0.5, 0.6) is 0 Å². The third-order valence-corrected chi connectivity index (χ3v) is 1.83. The zero-order valence-corrected chi connectivity index (χ0v) is 7.24. The molecule has 1 aromatic heterocycles. The lowest BCUT2D eigenvalue weighted by molar-refractivity contribution is -0.142. The largest absolute Gasteiger partial charge is 0.469 e. The van der Waals surface area contributed by atoms with Gasteiger partial charge in [0.2, 0.25) is 0 Å². The highest BCUT2D eigenvalue weighted by atomic mass is 32.1. The molecule has 0 aliphatic heterocycles. The first-order valence-corrected chi connectivity index (χ1v) is 4.09. The molecule has 0 aliphatic rings. The highest BCUT2D eigenvalue weighted by molar-refractivity contribution is 7.03. The second-order valence-corrected chi connectivity index (χ2v) is 2.74. The predicted molar refractivity (Wildman–Crippen MR) is 41.5 cm³/mol. The Hall–Kier alpha value is -1.01. The van der Waals surface area contributed by atoms with E-state index in [0.29, 0.717) is 5.69 Å². The molecule has 1 aromatic rings. The van der Waals surface area contributed by atoms with Crippen molar-refractivity contribution in [1.29, 1.82) is 0 Å². The summed E-state index contributed by atoms with van der Waals surface area (Å²) in [4.78, 5) is 10.7. The van der Waals surface area contributed by atoms with E-state index in [1.54, 1.807) is 5.38 Å². The van der Waals surface area contributed by atoms with Gasteiger partial charge in [-0.05, 0) is 11.5 Å². The molecule has 0 amide bonds. The average Bonchev–Trinajstić information content (AvgIpc) is 2.56. The molecule has 0 saturated carbocycles. The molecule has 0 fully saturated rings. The Kier molecular flexibility index (Phi) is 3.12. The first-order valence-electron chi connectivity index (χ1n) is 3.26. The number of rotatable bonds is 3. The summed E-state index contributed by atoms with van der Waals surface area (Å²) in [7, 11) is 1.27. The minimum atomic E-state index is -0.906. The third-order valence-electron chi connectivity index (χ3n) is 1.31. The van der Waals surface area contributed by atoms with E-state index < -0.39 is 12.1 Å². The SMILES string of the molecule is COC(=O)C[C@@H](O)c1csnn1. The van der Waals surface area contributed by atoms with Crippen LogP contribution in [0.25, 0.3) is 0 Å². The molecule has 0 aliphatic carbocycles. The average molecular weight is 188 g/mol. The van der Waals surface area contributed by atoms with Crippen molar-refractivity contribution in [2.24, 2.45) is 0 Å². The van der Waals surface area contributed by atoms with Gasteiger partial charge in [-0.3, -0.25) is 4.79 Å². The third kappa shape index (κ3) is 2.24. The lowest BCUT2D eigenvalue weighted by atomic mass is 10.2. The minimum Gasteiger partial charge on any atom is -0.469 e. The van der Waals surface area contributed by atoms with Crippen LogP contribution >= 0.6 is 11.5 Å². The van der Waals surface area contributed by atoms with Gasteiger partial charge in [0.1, 0.15) is 11.8 Å². The van der Waals surface area contributed by atoms with E-state index in [1.165, 1.54) is 7.11 Å². The number of carbonyl (C=O) groups is 1. The van der Waals surface area contributed by atoms with Crippen LogP contribution in [-0.4, -0.2) is 27.8 Å². The standard InChI is InChI=1S/C6H8N2O3S/c1-11-6(10)2-5(9)4-3-12-8-7-4/h3,5,9H,2H2,1H3/t5-/m1/s1. The lowest BCUT2D eigenvalue weighted by Crippen LogP contribution is -2.08. The smallest absolute Gasteiger partial charge is 0.308 e. The molecular formula is C6H8N2O3S. The summed E-state index contributed by atoms with van der Waals surface area (Å²) >= 11 is 1.13. The first-order chi connectivity index (χ1) is 5.74. The van der Waals surface area contributed by atoms with Gasteiger partial charge in [-0.15, -0.1) is 5.10 Å². The van der Waals surface area contributed by atoms with Gasteiger partial charge in [0, 0.05) is 5.38 Å². The molecule has 0 radical (unpaired) electrons.